The summed E-state index contributed by atoms with van der Waals surface area (Å²) in [6.45, 7) is -0.421. The average Bonchev–Trinajstić information content (AvgIpc) is 3.19. The minimum Gasteiger partial charge on any atom is -0.343 e. The van der Waals surface area contributed by atoms with Crippen LogP contribution in [0.15, 0.2) is 48.7 Å². The van der Waals surface area contributed by atoms with E-state index in [1.165, 1.54) is 30.5 Å². The number of aromatic nitrogens is 1. The van der Waals surface area contributed by atoms with Gasteiger partial charge in [0, 0.05) is 40.2 Å². The van der Waals surface area contributed by atoms with Crippen molar-refractivity contribution in [2.45, 2.75) is 12.6 Å². The lowest BCUT2D eigenvalue weighted by Crippen LogP contribution is -2.32. The third-order valence-corrected chi connectivity index (χ3v) is 5.55. The standard InChI is InChI=1S/C20H14ClF3N4O4S/c21-16-5-4-13(20(22,23)24)6-12(16)8-15-9-26-19(33-15)27-17(29)10-25-18(30)11-2-1-3-14(7-11)28(31)32/h1-7,9H,8,10H2,(H,25,30)(H,26,27,29). The van der Waals surface area contributed by atoms with Gasteiger partial charge in [0.2, 0.25) is 5.91 Å². The summed E-state index contributed by atoms with van der Waals surface area (Å²) in [6.07, 6.45) is -3.01. The van der Waals surface area contributed by atoms with Gasteiger partial charge in [-0.2, -0.15) is 13.2 Å². The van der Waals surface area contributed by atoms with Crippen LogP contribution in [-0.2, 0) is 17.4 Å². The summed E-state index contributed by atoms with van der Waals surface area (Å²) in [6, 6.07) is 8.06. The van der Waals surface area contributed by atoms with Gasteiger partial charge in [-0.15, -0.1) is 11.3 Å². The summed E-state index contributed by atoms with van der Waals surface area (Å²) in [5.74, 6) is -1.28. The molecule has 0 bridgehead atoms. The number of nitro groups is 1. The monoisotopic (exact) mass is 498 g/mol. The Kier molecular flexibility index (Phi) is 7.29. The lowest BCUT2D eigenvalue weighted by molar-refractivity contribution is -0.384. The maximum atomic E-state index is 12.9. The fourth-order valence-electron chi connectivity index (χ4n) is 2.71. The molecule has 8 nitrogen and oxygen atoms in total. The van der Waals surface area contributed by atoms with Gasteiger partial charge in [0.1, 0.15) is 0 Å². The Balaban J connectivity index is 1.57. The second kappa shape index (κ2) is 9.96. The Hall–Kier alpha value is -3.51. The Labute approximate surface area is 193 Å². The molecule has 13 heteroatoms. The van der Waals surface area contributed by atoms with E-state index in [1.54, 1.807) is 0 Å². The molecule has 0 fully saturated rings. The number of amides is 2. The van der Waals surface area contributed by atoms with E-state index in [0.717, 1.165) is 29.5 Å². The molecule has 2 aromatic carbocycles. The number of nitrogens with one attached hydrogen (secondary N) is 2. The predicted molar refractivity (Wildman–Crippen MR) is 115 cm³/mol. The second-order valence-corrected chi connectivity index (χ2v) is 8.17. The summed E-state index contributed by atoms with van der Waals surface area (Å²) in [4.78, 5) is 38.9. The molecule has 1 aromatic heterocycles. The van der Waals surface area contributed by atoms with Crippen LogP contribution in [-0.4, -0.2) is 28.3 Å². The number of hydrogen-bond acceptors (Lipinski definition) is 6. The fourth-order valence-corrected chi connectivity index (χ4v) is 3.74. The van der Waals surface area contributed by atoms with Crippen molar-refractivity contribution >= 4 is 45.6 Å². The van der Waals surface area contributed by atoms with E-state index < -0.39 is 35.0 Å². The van der Waals surface area contributed by atoms with Crippen LogP contribution >= 0.6 is 22.9 Å². The van der Waals surface area contributed by atoms with Crippen LogP contribution < -0.4 is 10.6 Å². The molecule has 0 unspecified atom stereocenters. The maximum Gasteiger partial charge on any atom is 0.416 e. The minimum atomic E-state index is -4.50. The highest BCUT2D eigenvalue weighted by Crippen LogP contribution is 2.33. The van der Waals surface area contributed by atoms with Crippen molar-refractivity contribution in [2.24, 2.45) is 0 Å². The van der Waals surface area contributed by atoms with E-state index in [4.69, 9.17) is 11.6 Å². The number of carbonyl (C=O) groups is 2. The highest BCUT2D eigenvalue weighted by molar-refractivity contribution is 7.15. The molecular weight excluding hydrogens is 485 g/mol. The summed E-state index contributed by atoms with van der Waals surface area (Å²) < 4.78 is 38.8. The van der Waals surface area contributed by atoms with Crippen molar-refractivity contribution in [1.82, 2.24) is 10.3 Å². The van der Waals surface area contributed by atoms with E-state index in [2.05, 4.69) is 15.6 Å². The molecule has 0 saturated carbocycles. The summed E-state index contributed by atoms with van der Waals surface area (Å²) in [7, 11) is 0. The zero-order valence-corrected chi connectivity index (χ0v) is 18.1. The highest BCUT2D eigenvalue weighted by atomic mass is 35.5. The van der Waals surface area contributed by atoms with Gasteiger partial charge in [0.25, 0.3) is 11.6 Å². The van der Waals surface area contributed by atoms with Crippen LogP contribution in [0.2, 0.25) is 5.02 Å². The van der Waals surface area contributed by atoms with E-state index in [0.29, 0.717) is 4.88 Å². The largest absolute Gasteiger partial charge is 0.416 e. The quantitative estimate of drug-likeness (QED) is 0.362. The number of nitro benzene ring substituents is 1. The van der Waals surface area contributed by atoms with Crippen LogP contribution in [0.1, 0.15) is 26.4 Å². The number of nitrogens with zero attached hydrogens (tertiary/aromatic N) is 2. The number of benzene rings is 2. The van der Waals surface area contributed by atoms with Gasteiger partial charge in [0.05, 0.1) is 17.0 Å². The molecule has 0 radical (unpaired) electrons. The van der Waals surface area contributed by atoms with Gasteiger partial charge < -0.3 is 10.6 Å². The van der Waals surface area contributed by atoms with Gasteiger partial charge in [-0.05, 0) is 29.8 Å². The molecule has 172 valence electrons. The van der Waals surface area contributed by atoms with E-state index in [9.17, 15) is 32.9 Å². The first kappa shape index (κ1) is 24.1. The third kappa shape index (κ3) is 6.49. The minimum absolute atomic E-state index is 0.0199. The zero-order valence-electron chi connectivity index (χ0n) is 16.5. The third-order valence-electron chi connectivity index (χ3n) is 4.27. The number of thiazole rings is 1. The van der Waals surface area contributed by atoms with Gasteiger partial charge >= 0.3 is 6.18 Å². The molecule has 2 N–H and O–H groups in total. The number of rotatable bonds is 7. The first-order chi connectivity index (χ1) is 15.5. The van der Waals surface area contributed by atoms with Crippen LogP contribution in [0.4, 0.5) is 24.0 Å². The highest BCUT2D eigenvalue weighted by Gasteiger charge is 2.31. The van der Waals surface area contributed by atoms with Gasteiger partial charge in [0.15, 0.2) is 5.13 Å². The molecule has 0 atom stereocenters. The number of non-ortho nitro benzene ring substituents is 1. The van der Waals surface area contributed by atoms with Crippen molar-refractivity contribution < 1.29 is 27.7 Å². The molecule has 0 aliphatic heterocycles. The number of carbonyl (C=O) groups excluding carboxylic acids is 2. The van der Waals surface area contributed by atoms with Crippen LogP contribution in [0.3, 0.4) is 0 Å². The topological polar surface area (TPSA) is 114 Å². The molecule has 0 aliphatic carbocycles. The average molecular weight is 499 g/mol. The predicted octanol–water partition coefficient (Wildman–Crippen LogP) is 4.68. The van der Waals surface area contributed by atoms with Crippen molar-refractivity contribution in [2.75, 3.05) is 11.9 Å². The lowest BCUT2D eigenvalue weighted by atomic mass is 10.1. The summed E-state index contributed by atoms with van der Waals surface area (Å²) in [5, 5.41) is 15.9. The number of anilines is 1. The van der Waals surface area contributed by atoms with Crippen molar-refractivity contribution in [3.63, 3.8) is 0 Å². The fraction of sp³-hybridized carbons (Fsp3) is 0.150. The van der Waals surface area contributed by atoms with Crippen LogP contribution in [0, 0.1) is 10.1 Å². The molecule has 0 spiro atoms. The molecule has 3 rings (SSSR count). The smallest absolute Gasteiger partial charge is 0.343 e. The number of alkyl halides is 3. The molecule has 33 heavy (non-hydrogen) atoms. The molecule has 0 aliphatic rings. The first-order valence-electron chi connectivity index (χ1n) is 9.16. The van der Waals surface area contributed by atoms with E-state index in [-0.39, 0.29) is 33.4 Å². The van der Waals surface area contributed by atoms with Gasteiger partial charge in [-0.3, -0.25) is 19.7 Å². The molecule has 3 aromatic rings. The lowest BCUT2D eigenvalue weighted by Gasteiger charge is -2.09. The molecular formula is C20H14ClF3N4O4S. The van der Waals surface area contributed by atoms with E-state index >= 15 is 0 Å². The number of halogens is 4. The van der Waals surface area contributed by atoms with Crippen molar-refractivity contribution in [1.29, 1.82) is 0 Å². The summed E-state index contributed by atoms with van der Waals surface area (Å²) in [5.41, 5.74) is -0.800. The van der Waals surface area contributed by atoms with Crippen LogP contribution in [0.5, 0.6) is 0 Å². The summed E-state index contributed by atoms with van der Waals surface area (Å²) >= 11 is 7.05. The van der Waals surface area contributed by atoms with E-state index in [1.807, 2.05) is 0 Å². The normalized spacial score (nSPS) is 11.2. The second-order valence-electron chi connectivity index (χ2n) is 6.65. The molecule has 2 amide bonds. The Morgan fingerprint density at radius 1 is 1.18 bits per heavy atom. The number of hydrogen-bond donors (Lipinski definition) is 2. The zero-order chi connectivity index (χ0) is 24.2. The Morgan fingerprint density at radius 2 is 1.94 bits per heavy atom. The SMILES string of the molecule is O=C(CNC(=O)c1cccc([N+](=O)[O-])c1)Nc1ncc(Cc2cc(C(F)(F)F)ccc2Cl)s1. The Bertz CT molecular complexity index is 1220. The Morgan fingerprint density at radius 3 is 2.64 bits per heavy atom. The first-order valence-corrected chi connectivity index (χ1v) is 10.3. The maximum absolute atomic E-state index is 12.9. The van der Waals surface area contributed by atoms with Gasteiger partial charge in [-0.25, -0.2) is 4.98 Å². The van der Waals surface area contributed by atoms with Gasteiger partial charge in [-0.1, -0.05) is 17.7 Å². The van der Waals surface area contributed by atoms with Crippen molar-refractivity contribution in [3.8, 4) is 0 Å². The molecule has 1 heterocycles. The van der Waals surface area contributed by atoms with Crippen molar-refractivity contribution in [3.05, 3.63) is 85.4 Å². The van der Waals surface area contributed by atoms with Crippen LogP contribution in [0.25, 0.3) is 0 Å². The molecule has 0 saturated heterocycles.